The molecule has 0 aliphatic carbocycles. The first-order valence-corrected chi connectivity index (χ1v) is 6.40. The predicted octanol–water partition coefficient (Wildman–Crippen LogP) is 0.0629. The van der Waals surface area contributed by atoms with E-state index in [1.807, 2.05) is 0 Å². The molecule has 0 bridgehead atoms. The molecule has 0 aromatic heterocycles. The molecule has 3 nitrogen and oxygen atoms in total. The fourth-order valence-corrected chi connectivity index (χ4v) is 1.73. The molecule has 0 saturated heterocycles. The quantitative estimate of drug-likeness (QED) is 0.384. The van der Waals surface area contributed by atoms with Crippen molar-refractivity contribution in [1.29, 1.82) is 0 Å². The van der Waals surface area contributed by atoms with E-state index in [0.29, 0.717) is 6.42 Å². The van der Waals surface area contributed by atoms with E-state index >= 15 is 0 Å². The van der Waals surface area contributed by atoms with Crippen molar-refractivity contribution in [3.63, 3.8) is 0 Å². The zero-order chi connectivity index (χ0) is 9.45. The van der Waals surface area contributed by atoms with E-state index in [2.05, 4.69) is 6.92 Å². The van der Waals surface area contributed by atoms with Crippen molar-refractivity contribution in [3.05, 3.63) is 0 Å². The maximum absolute atomic E-state index is 10.4. The molecule has 0 saturated carbocycles. The molecule has 0 aliphatic rings. The second-order valence-electron chi connectivity index (χ2n) is 3.16. The molecule has 6 heteroatoms. The van der Waals surface area contributed by atoms with Gasteiger partial charge in [-0.15, -0.1) is 12.4 Å². The summed E-state index contributed by atoms with van der Waals surface area (Å²) in [5.41, 5.74) is 0. The summed E-state index contributed by atoms with van der Waals surface area (Å²) >= 11 is 0. The van der Waals surface area contributed by atoms with Gasteiger partial charge in [0, 0.05) is 6.16 Å². The van der Waals surface area contributed by atoms with E-state index in [-0.39, 0.29) is 49.6 Å². The van der Waals surface area contributed by atoms with E-state index in [4.69, 9.17) is 9.79 Å². The summed E-state index contributed by atoms with van der Waals surface area (Å²) in [5, 5.41) is 0. The Morgan fingerprint density at radius 1 is 1.07 bits per heavy atom. The van der Waals surface area contributed by atoms with Gasteiger partial charge < -0.3 is 11.2 Å². The Morgan fingerprint density at radius 3 is 1.93 bits per heavy atom. The third-order valence-corrected chi connectivity index (χ3v) is 2.70. The SMILES string of the molecule is CCCCCCCCP(=O)(O)O.Cl.[H-].[Na+]. The van der Waals surface area contributed by atoms with Crippen molar-refractivity contribution in [1.82, 2.24) is 0 Å². The Labute approximate surface area is 116 Å². The first-order chi connectivity index (χ1) is 5.56. The van der Waals surface area contributed by atoms with Gasteiger partial charge in [-0.1, -0.05) is 39.0 Å². The zero-order valence-corrected chi connectivity index (χ0v) is 12.8. The maximum Gasteiger partial charge on any atom is 1.00 e. The molecule has 0 fully saturated rings. The zero-order valence-electron chi connectivity index (χ0n) is 10.1. The van der Waals surface area contributed by atoms with E-state index in [1.54, 1.807) is 0 Å². The molecule has 0 spiro atoms. The van der Waals surface area contributed by atoms with Crippen LogP contribution < -0.4 is 29.6 Å². The molecule has 0 unspecified atom stereocenters. The molecule has 0 aliphatic heterocycles. The average molecular weight is 255 g/mol. The van der Waals surface area contributed by atoms with E-state index in [0.717, 1.165) is 12.8 Å². The Balaban J connectivity index is -0.000000202. The summed E-state index contributed by atoms with van der Waals surface area (Å²) in [7, 11) is -3.72. The molecule has 84 valence electrons. The summed E-state index contributed by atoms with van der Waals surface area (Å²) in [6.45, 7) is 2.15. The minimum Gasteiger partial charge on any atom is -1.00 e. The van der Waals surface area contributed by atoms with Crippen LogP contribution in [-0.4, -0.2) is 15.9 Å². The Morgan fingerprint density at radius 2 is 1.50 bits per heavy atom. The second-order valence-corrected chi connectivity index (χ2v) is 4.93. The molecule has 14 heavy (non-hydrogen) atoms. The van der Waals surface area contributed by atoms with E-state index in [9.17, 15) is 4.57 Å². The molecule has 0 heterocycles. The Bertz CT molecular complexity index is 157. The maximum atomic E-state index is 10.4. The summed E-state index contributed by atoms with van der Waals surface area (Å²) in [4.78, 5) is 17.1. The van der Waals surface area contributed by atoms with Crippen molar-refractivity contribution in [3.8, 4) is 0 Å². The van der Waals surface area contributed by atoms with Gasteiger partial charge in [0.25, 0.3) is 0 Å². The Hall–Kier alpha value is 1.44. The van der Waals surface area contributed by atoms with Gasteiger partial charge in [-0.3, -0.25) is 4.57 Å². The summed E-state index contributed by atoms with van der Waals surface area (Å²) < 4.78 is 10.4. The first kappa shape index (κ1) is 20.8. The number of rotatable bonds is 7. The van der Waals surface area contributed by atoms with Crippen LogP contribution in [0.4, 0.5) is 0 Å². The molecule has 0 radical (unpaired) electrons. The number of unbranched alkanes of at least 4 members (excludes halogenated alkanes) is 5. The van der Waals surface area contributed by atoms with Crippen molar-refractivity contribution < 1.29 is 45.3 Å². The van der Waals surface area contributed by atoms with Crippen LogP contribution in [0.2, 0.25) is 0 Å². The van der Waals surface area contributed by atoms with Gasteiger partial charge in [-0.2, -0.15) is 0 Å². The molecule has 0 aromatic rings. The van der Waals surface area contributed by atoms with Crippen LogP contribution in [0.1, 0.15) is 46.9 Å². The average Bonchev–Trinajstić information content (AvgIpc) is 1.94. The van der Waals surface area contributed by atoms with Crippen LogP contribution in [-0.2, 0) is 4.57 Å². The normalized spacial score (nSPS) is 10.2. The number of hydrogen-bond acceptors (Lipinski definition) is 1. The molecule has 0 atom stereocenters. The van der Waals surface area contributed by atoms with Gasteiger partial charge in [0.1, 0.15) is 0 Å². The van der Waals surface area contributed by atoms with E-state index in [1.165, 1.54) is 19.3 Å². The van der Waals surface area contributed by atoms with Gasteiger partial charge in [0.15, 0.2) is 0 Å². The van der Waals surface area contributed by atoms with Crippen LogP contribution in [0, 0.1) is 0 Å². The van der Waals surface area contributed by atoms with Gasteiger partial charge in [-0.25, -0.2) is 0 Å². The standard InChI is InChI=1S/C8H19O3P.ClH.Na.H/c1-2-3-4-5-6-7-8-12(9,10)11;;;/h2-8H2,1H3,(H2,9,10,11);1H;;/q;;+1;-1. The molecule has 2 N–H and O–H groups in total. The smallest absolute Gasteiger partial charge is 1.00 e. The van der Waals surface area contributed by atoms with Crippen LogP contribution in [0.5, 0.6) is 0 Å². The molecule has 0 aromatic carbocycles. The van der Waals surface area contributed by atoms with Crippen molar-refractivity contribution >= 4 is 20.0 Å². The summed E-state index contributed by atoms with van der Waals surface area (Å²) in [5.74, 6) is 0. The van der Waals surface area contributed by atoms with Crippen molar-refractivity contribution in [2.75, 3.05) is 6.16 Å². The van der Waals surface area contributed by atoms with Gasteiger partial charge in [-0.05, 0) is 6.42 Å². The predicted molar refractivity (Wildman–Crippen MR) is 58.6 cm³/mol. The van der Waals surface area contributed by atoms with Crippen molar-refractivity contribution in [2.45, 2.75) is 45.4 Å². The minimum atomic E-state index is -3.72. The van der Waals surface area contributed by atoms with Crippen LogP contribution in [0.3, 0.4) is 0 Å². The summed E-state index contributed by atoms with van der Waals surface area (Å²) in [6.07, 6.45) is 6.40. The van der Waals surface area contributed by atoms with E-state index < -0.39 is 7.60 Å². The van der Waals surface area contributed by atoms with Crippen LogP contribution in [0.25, 0.3) is 0 Å². The number of halogens is 1. The second kappa shape index (κ2) is 12.5. The van der Waals surface area contributed by atoms with Crippen LogP contribution in [0.15, 0.2) is 0 Å². The summed E-state index contributed by atoms with van der Waals surface area (Å²) in [6, 6.07) is 0. The monoisotopic (exact) mass is 254 g/mol. The molecular formula is C8H21ClNaO3P. The van der Waals surface area contributed by atoms with Gasteiger partial charge in [0.05, 0.1) is 0 Å². The molecule has 0 rings (SSSR count). The molecular weight excluding hydrogens is 234 g/mol. The fraction of sp³-hybridized carbons (Fsp3) is 1.00. The van der Waals surface area contributed by atoms with Crippen LogP contribution >= 0.6 is 20.0 Å². The fourth-order valence-electron chi connectivity index (χ4n) is 1.10. The molecule has 0 amide bonds. The van der Waals surface area contributed by atoms with Crippen molar-refractivity contribution in [2.24, 2.45) is 0 Å². The Kier molecular flexibility index (Phi) is 18.6. The number of hydrogen-bond donors (Lipinski definition) is 2. The topological polar surface area (TPSA) is 57.5 Å². The third kappa shape index (κ3) is 19.1. The van der Waals surface area contributed by atoms with Gasteiger partial charge in [0.2, 0.25) is 0 Å². The largest absolute Gasteiger partial charge is 1.00 e. The minimum absolute atomic E-state index is 0. The first-order valence-electron chi connectivity index (χ1n) is 4.61. The third-order valence-electron chi connectivity index (χ3n) is 1.80. The van der Waals surface area contributed by atoms with Gasteiger partial charge >= 0.3 is 37.2 Å².